The summed E-state index contributed by atoms with van der Waals surface area (Å²) in [6, 6.07) is 6.45. The topological polar surface area (TPSA) is 110 Å². The Balaban J connectivity index is 1.64. The van der Waals surface area contributed by atoms with Crippen LogP contribution in [0, 0.1) is 5.92 Å². The average Bonchev–Trinajstić information content (AvgIpc) is 2.67. The lowest BCUT2D eigenvalue weighted by Gasteiger charge is -2.30. The molecule has 0 radical (unpaired) electrons. The summed E-state index contributed by atoms with van der Waals surface area (Å²) in [4.78, 5) is 49.1. The molecule has 0 saturated heterocycles. The third-order valence-corrected chi connectivity index (χ3v) is 5.29. The van der Waals surface area contributed by atoms with Crippen LogP contribution in [0.1, 0.15) is 39.5 Å². The van der Waals surface area contributed by atoms with Crippen LogP contribution < -0.4 is 16.4 Å². The van der Waals surface area contributed by atoms with Crippen LogP contribution in [0.15, 0.2) is 33.9 Å². The van der Waals surface area contributed by atoms with E-state index in [-0.39, 0.29) is 22.7 Å². The number of amides is 1. The number of nitrogens with one attached hydrogen (secondary N) is 2. The Kier molecular flexibility index (Phi) is 5.96. The molecule has 28 heavy (non-hydrogen) atoms. The van der Waals surface area contributed by atoms with E-state index in [2.05, 4.69) is 17.3 Å². The lowest BCUT2D eigenvalue weighted by Crippen LogP contribution is -2.46. The minimum Gasteiger partial charge on any atom is -0.451 e. The molecular formula is C20H25N3O5. The summed E-state index contributed by atoms with van der Waals surface area (Å²) in [5.74, 6) is -0.735. The van der Waals surface area contributed by atoms with E-state index in [0.717, 1.165) is 30.4 Å². The van der Waals surface area contributed by atoms with Crippen molar-refractivity contribution in [2.24, 2.45) is 5.92 Å². The highest BCUT2D eigenvalue weighted by atomic mass is 16.5. The Morgan fingerprint density at radius 3 is 2.61 bits per heavy atom. The molecule has 0 bridgehead atoms. The third-order valence-electron chi connectivity index (χ3n) is 5.29. The number of carbonyl (C=O) groups excluding carboxylic acids is 2. The Morgan fingerprint density at radius 2 is 1.89 bits per heavy atom. The lowest BCUT2D eigenvalue weighted by molar-refractivity contribution is -0.156. The van der Waals surface area contributed by atoms with Gasteiger partial charge in [-0.3, -0.25) is 24.3 Å². The molecule has 150 valence electrons. The van der Waals surface area contributed by atoms with Gasteiger partial charge in [-0.15, -0.1) is 0 Å². The molecular weight excluding hydrogens is 362 g/mol. The monoisotopic (exact) mass is 387 g/mol. The highest BCUT2D eigenvalue weighted by Gasteiger charge is 2.26. The fraction of sp³-hybridized carbons (Fsp3) is 0.500. The number of hydrogen-bond donors (Lipinski definition) is 2. The Morgan fingerprint density at radius 1 is 1.21 bits per heavy atom. The van der Waals surface area contributed by atoms with E-state index in [1.807, 2.05) is 0 Å². The van der Waals surface area contributed by atoms with Gasteiger partial charge in [0.25, 0.3) is 17.0 Å². The normalized spacial score (nSPS) is 20.5. The van der Waals surface area contributed by atoms with Crippen molar-refractivity contribution >= 4 is 22.6 Å². The number of aromatic nitrogens is 2. The summed E-state index contributed by atoms with van der Waals surface area (Å²) in [7, 11) is 0. The first-order chi connectivity index (χ1) is 13.4. The van der Waals surface area contributed by atoms with E-state index in [1.54, 1.807) is 12.1 Å². The molecule has 1 aliphatic carbocycles. The second kappa shape index (κ2) is 8.41. The van der Waals surface area contributed by atoms with Gasteiger partial charge in [0.15, 0.2) is 6.10 Å². The first-order valence-electron chi connectivity index (χ1n) is 9.58. The minimum absolute atomic E-state index is 0.0851. The van der Waals surface area contributed by atoms with Crippen LogP contribution in [-0.4, -0.2) is 33.8 Å². The van der Waals surface area contributed by atoms with Gasteiger partial charge in [0, 0.05) is 6.04 Å². The van der Waals surface area contributed by atoms with Crippen LogP contribution in [0.2, 0.25) is 0 Å². The maximum absolute atomic E-state index is 12.4. The predicted octanol–water partition coefficient (Wildman–Crippen LogP) is 1.32. The Hall–Kier alpha value is -2.90. The SMILES string of the molecule is C[C@H](OC(=O)Cn1[nH]c(=O)c2ccccc2c1=O)C(=O)N[C@H]1CCCC[C@@H]1C. The molecule has 0 aliphatic heterocycles. The van der Waals surface area contributed by atoms with E-state index in [4.69, 9.17) is 4.74 Å². The van der Waals surface area contributed by atoms with Crippen LogP contribution >= 0.6 is 0 Å². The number of H-pyrrole nitrogens is 1. The van der Waals surface area contributed by atoms with Crippen molar-refractivity contribution in [2.45, 2.75) is 58.2 Å². The fourth-order valence-corrected chi connectivity index (χ4v) is 3.61. The van der Waals surface area contributed by atoms with Crippen LogP contribution in [0.3, 0.4) is 0 Å². The van der Waals surface area contributed by atoms with E-state index >= 15 is 0 Å². The number of esters is 1. The molecule has 1 amide bonds. The molecule has 8 heteroatoms. The van der Waals surface area contributed by atoms with Gasteiger partial charge in [-0.1, -0.05) is 31.9 Å². The van der Waals surface area contributed by atoms with E-state index in [0.29, 0.717) is 5.92 Å². The number of rotatable bonds is 5. The quantitative estimate of drug-likeness (QED) is 0.752. The summed E-state index contributed by atoms with van der Waals surface area (Å²) < 4.78 is 6.07. The van der Waals surface area contributed by atoms with Gasteiger partial charge in [-0.2, -0.15) is 0 Å². The molecule has 1 aliphatic rings. The first-order valence-corrected chi connectivity index (χ1v) is 9.58. The second-order valence-corrected chi connectivity index (χ2v) is 7.39. The van der Waals surface area contributed by atoms with Gasteiger partial charge in [0.2, 0.25) is 0 Å². The molecule has 3 rings (SSSR count). The summed E-state index contributed by atoms with van der Waals surface area (Å²) in [6.45, 7) is 3.12. The highest BCUT2D eigenvalue weighted by molar-refractivity contribution is 5.84. The summed E-state index contributed by atoms with van der Waals surface area (Å²) in [5, 5.41) is 5.79. The summed E-state index contributed by atoms with van der Waals surface area (Å²) in [6.07, 6.45) is 3.24. The maximum atomic E-state index is 12.4. The molecule has 1 aromatic carbocycles. The molecule has 0 spiro atoms. The van der Waals surface area contributed by atoms with Crippen molar-refractivity contribution in [3.05, 3.63) is 45.0 Å². The molecule has 0 unspecified atom stereocenters. The van der Waals surface area contributed by atoms with Crippen molar-refractivity contribution in [1.29, 1.82) is 0 Å². The lowest BCUT2D eigenvalue weighted by atomic mass is 9.86. The molecule has 1 saturated carbocycles. The van der Waals surface area contributed by atoms with Gasteiger partial charge < -0.3 is 10.1 Å². The average molecular weight is 387 g/mol. The maximum Gasteiger partial charge on any atom is 0.328 e. The van der Waals surface area contributed by atoms with Gasteiger partial charge in [0.1, 0.15) is 6.54 Å². The van der Waals surface area contributed by atoms with Crippen molar-refractivity contribution < 1.29 is 14.3 Å². The molecule has 1 fully saturated rings. The Bertz CT molecular complexity index is 993. The second-order valence-electron chi connectivity index (χ2n) is 7.39. The van der Waals surface area contributed by atoms with Crippen molar-refractivity contribution in [3.8, 4) is 0 Å². The number of hydrogen-bond acceptors (Lipinski definition) is 5. The van der Waals surface area contributed by atoms with Gasteiger partial charge in [-0.25, -0.2) is 4.68 Å². The Labute approximate surface area is 161 Å². The van der Waals surface area contributed by atoms with Crippen molar-refractivity contribution in [1.82, 2.24) is 15.1 Å². The van der Waals surface area contributed by atoms with Crippen molar-refractivity contribution in [2.75, 3.05) is 0 Å². The van der Waals surface area contributed by atoms with Crippen LogP contribution in [0.25, 0.3) is 10.8 Å². The fourth-order valence-electron chi connectivity index (χ4n) is 3.61. The molecule has 1 heterocycles. The van der Waals surface area contributed by atoms with Crippen LogP contribution in [0.5, 0.6) is 0 Å². The summed E-state index contributed by atoms with van der Waals surface area (Å²) >= 11 is 0. The molecule has 2 aromatic rings. The van der Waals surface area contributed by atoms with Gasteiger partial charge in [0.05, 0.1) is 10.8 Å². The number of aromatic amines is 1. The standard InChI is InChI=1S/C20H25N3O5/c1-12-7-3-6-10-16(12)21-18(25)13(2)28-17(24)11-23-20(27)15-9-5-4-8-14(15)19(26)22-23/h4-5,8-9,12-13,16H,3,6-7,10-11H2,1-2H3,(H,21,25)(H,22,26)/t12-,13-,16-/m0/s1. The first kappa shape index (κ1) is 19.9. The zero-order chi connectivity index (χ0) is 20.3. The predicted molar refractivity (Wildman–Crippen MR) is 104 cm³/mol. The van der Waals surface area contributed by atoms with E-state index in [9.17, 15) is 19.2 Å². The molecule has 8 nitrogen and oxygen atoms in total. The third kappa shape index (κ3) is 4.32. The minimum atomic E-state index is -0.982. The number of benzene rings is 1. The molecule has 3 atom stereocenters. The zero-order valence-electron chi connectivity index (χ0n) is 16.1. The molecule has 2 N–H and O–H groups in total. The number of fused-ring (bicyclic) bond motifs is 1. The number of nitrogens with zero attached hydrogens (tertiary/aromatic N) is 1. The number of carbonyl (C=O) groups is 2. The zero-order valence-corrected chi connectivity index (χ0v) is 16.1. The van der Waals surface area contributed by atoms with Gasteiger partial charge in [-0.05, 0) is 37.8 Å². The molecule has 1 aromatic heterocycles. The number of ether oxygens (including phenoxy) is 1. The highest BCUT2D eigenvalue weighted by Crippen LogP contribution is 2.23. The van der Waals surface area contributed by atoms with Crippen LogP contribution in [-0.2, 0) is 20.9 Å². The van der Waals surface area contributed by atoms with Crippen molar-refractivity contribution in [3.63, 3.8) is 0 Å². The van der Waals surface area contributed by atoms with Gasteiger partial charge >= 0.3 is 5.97 Å². The van der Waals surface area contributed by atoms with E-state index in [1.165, 1.54) is 19.1 Å². The smallest absolute Gasteiger partial charge is 0.328 e. The van der Waals surface area contributed by atoms with Crippen LogP contribution in [0.4, 0.5) is 0 Å². The van der Waals surface area contributed by atoms with E-state index < -0.39 is 29.7 Å². The largest absolute Gasteiger partial charge is 0.451 e. The summed E-state index contributed by atoms with van der Waals surface area (Å²) in [5.41, 5.74) is -0.972.